The molecular weight excluding hydrogens is 430 g/mol. The predicted molar refractivity (Wildman–Crippen MR) is 111 cm³/mol. The summed E-state index contributed by atoms with van der Waals surface area (Å²) in [6.45, 7) is 1.38. The van der Waals surface area contributed by atoms with Gasteiger partial charge in [-0.1, -0.05) is 6.07 Å². The minimum Gasteiger partial charge on any atom is -0.496 e. The highest BCUT2D eigenvalue weighted by Crippen LogP contribution is 2.39. The molecule has 0 saturated carbocycles. The molecule has 10 heteroatoms. The Morgan fingerprint density at radius 2 is 1.61 bits per heavy atom. The maximum Gasteiger partial charge on any atom is 0.321 e. The Hall–Kier alpha value is -4.23. The first-order chi connectivity index (χ1) is 15.7. The summed E-state index contributed by atoms with van der Waals surface area (Å²) in [6.07, 6.45) is -0.795. The Bertz CT molecular complexity index is 1050. The van der Waals surface area contributed by atoms with Crippen molar-refractivity contribution < 1.29 is 33.4 Å². The molecule has 2 atom stereocenters. The highest BCUT2D eigenvalue weighted by molar-refractivity contribution is 6.13. The number of benzene rings is 1. The molecule has 0 amide bonds. The molecule has 0 heterocycles. The van der Waals surface area contributed by atoms with E-state index in [-0.39, 0.29) is 42.9 Å². The van der Waals surface area contributed by atoms with Crippen LogP contribution in [-0.4, -0.2) is 43.8 Å². The predicted octanol–water partition coefficient (Wildman–Crippen LogP) is 1.80. The van der Waals surface area contributed by atoms with Crippen LogP contribution in [0, 0.1) is 45.3 Å². The van der Waals surface area contributed by atoms with Gasteiger partial charge in [0.25, 0.3) is 0 Å². The first kappa shape index (κ1) is 26.8. The number of rotatable bonds is 12. The molecule has 0 aromatic heterocycles. The van der Waals surface area contributed by atoms with Gasteiger partial charge in [-0.05, 0) is 31.5 Å². The van der Waals surface area contributed by atoms with E-state index in [1.807, 2.05) is 6.07 Å². The van der Waals surface area contributed by atoms with Crippen molar-refractivity contribution in [3.8, 4) is 24.0 Å². The summed E-state index contributed by atoms with van der Waals surface area (Å²) in [6, 6.07) is 9.76. The maximum atomic E-state index is 13.2. The number of esters is 2. The standard InChI is InChI=1S/C23H23N3O7/c1-15(27)20(21(29)32-10-4-8-24)23(16(2)28,22(30)33-11-5-9-25)13-18-7-6-17(14-26)12-19(18)31-3/h6-7,12,20H,4-5,10-11,13H2,1-3H3. The minimum atomic E-state index is -2.33. The highest BCUT2D eigenvalue weighted by atomic mass is 16.5. The molecule has 0 fully saturated rings. The summed E-state index contributed by atoms with van der Waals surface area (Å²) in [7, 11) is 1.32. The van der Waals surface area contributed by atoms with Crippen LogP contribution in [0.15, 0.2) is 18.2 Å². The summed E-state index contributed by atoms with van der Waals surface area (Å²) in [5, 5.41) is 26.5. The average molecular weight is 453 g/mol. The second kappa shape index (κ2) is 12.6. The van der Waals surface area contributed by atoms with Crippen LogP contribution in [0.1, 0.15) is 37.8 Å². The number of nitrogens with zero attached hydrogens (tertiary/aromatic N) is 3. The lowest BCUT2D eigenvalue weighted by molar-refractivity contribution is -0.175. The molecule has 172 valence electrons. The number of carbonyl (C=O) groups is 4. The summed E-state index contributed by atoms with van der Waals surface area (Å²) < 4.78 is 15.4. The van der Waals surface area contributed by atoms with Crippen molar-refractivity contribution in [3.05, 3.63) is 29.3 Å². The molecule has 0 aliphatic carbocycles. The average Bonchev–Trinajstić information content (AvgIpc) is 2.78. The van der Waals surface area contributed by atoms with Gasteiger partial charge in [0.05, 0.1) is 43.7 Å². The molecule has 0 aliphatic heterocycles. The number of hydrogen-bond acceptors (Lipinski definition) is 10. The van der Waals surface area contributed by atoms with Crippen LogP contribution in [0.3, 0.4) is 0 Å². The molecule has 0 saturated heterocycles. The second-order valence-corrected chi connectivity index (χ2v) is 7.01. The Kier molecular flexibility index (Phi) is 10.2. The van der Waals surface area contributed by atoms with Gasteiger partial charge in [-0.3, -0.25) is 19.2 Å². The Morgan fingerprint density at radius 1 is 1.00 bits per heavy atom. The van der Waals surface area contributed by atoms with Crippen molar-refractivity contribution in [2.24, 2.45) is 11.3 Å². The zero-order valence-corrected chi connectivity index (χ0v) is 18.5. The van der Waals surface area contributed by atoms with E-state index in [0.29, 0.717) is 0 Å². The van der Waals surface area contributed by atoms with Crippen LogP contribution in [-0.2, 0) is 35.1 Å². The van der Waals surface area contributed by atoms with E-state index in [1.165, 1.54) is 25.3 Å². The summed E-state index contributed by atoms with van der Waals surface area (Å²) in [5.74, 6) is -5.70. The molecule has 1 aromatic carbocycles. The van der Waals surface area contributed by atoms with Gasteiger partial charge in [0.2, 0.25) is 0 Å². The second-order valence-electron chi connectivity index (χ2n) is 7.01. The van der Waals surface area contributed by atoms with E-state index < -0.39 is 41.3 Å². The number of carbonyl (C=O) groups excluding carboxylic acids is 4. The van der Waals surface area contributed by atoms with Crippen molar-refractivity contribution in [2.75, 3.05) is 20.3 Å². The van der Waals surface area contributed by atoms with Gasteiger partial charge in [-0.2, -0.15) is 15.8 Å². The van der Waals surface area contributed by atoms with Gasteiger partial charge in [-0.15, -0.1) is 0 Å². The number of nitriles is 3. The van der Waals surface area contributed by atoms with E-state index in [2.05, 4.69) is 0 Å². The minimum absolute atomic E-state index is 0.153. The van der Waals surface area contributed by atoms with E-state index >= 15 is 0 Å². The van der Waals surface area contributed by atoms with Crippen LogP contribution in [0.4, 0.5) is 0 Å². The number of ether oxygens (including phenoxy) is 3. The van der Waals surface area contributed by atoms with Gasteiger partial charge in [0, 0.05) is 6.42 Å². The monoisotopic (exact) mass is 453 g/mol. The third-order valence-electron chi connectivity index (χ3n) is 4.92. The van der Waals surface area contributed by atoms with Crippen molar-refractivity contribution in [1.82, 2.24) is 0 Å². The molecule has 0 aliphatic rings. The molecule has 10 nitrogen and oxygen atoms in total. The number of methoxy groups -OCH3 is 1. The van der Waals surface area contributed by atoms with E-state index in [4.69, 9.17) is 30.0 Å². The molecule has 0 N–H and O–H groups in total. The topological polar surface area (TPSA) is 167 Å². The lowest BCUT2D eigenvalue weighted by Gasteiger charge is -2.34. The fourth-order valence-corrected chi connectivity index (χ4v) is 3.34. The van der Waals surface area contributed by atoms with Crippen LogP contribution < -0.4 is 4.74 Å². The number of hydrogen-bond donors (Lipinski definition) is 0. The van der Waals surface area contributed by atoms with Crippen LogP contribution in [0.25, 0.3) is 0 Å². The zero-order chi connectivity index (χ0) is 25.0. The van der Waals surface area contributed by atoms with Crippen LogP contribution in [0.5, 0.6) is 5.75 Å². The lowest BCUT2D eigenvalue weighted by atomic mass is 9.66. The number of ketones is 2. The number of Topliss-reactive ketones (excluding diaryl/α,β-unsaturated/α-hetero) is 2. The molecule has 0 spiro atoms. The Balaban J connectivity index is 3.68. The van der Waals surface area contributed by atoms with Gasteiger partial charge < -0.3 is 14.2 Å². The third-order valence-corrected chi connectivity index (χ3v) is 4.92. The third kappa shape index (κ3) is 6.38. The van der Waals surface area contributed by atoms with E-state index in [1.54, 1.807) is 12.1 Å². The zero-order valence-electron chi connectivity index (χ0n) is 18.5. The molecule has 0 bridgehead atoms. The van der Waals surface area contributed by atoms with Gasteiger partial charge in [0.1, 0.15) is 36.4 Å². The van der Waals surface area contributed by atoms with Crippen molar-refractivity contribution in [2.45, 2.75) is 33.1 Å². The van der Waals surface area contributed by atoms with Crippen LogP contribution in [0.2, 0.25) is 0 Å². The van der Waals surface area contributed by atoms with Crippen LogP contribution >= 0.6 is 0 Å². The Labute approximate surface area is 191 Å². The quantitative estimate of drug-likeness (QED) is 0.258. The highest BCUT2D eigenvalue weighted by Gasteiger charge is 2.57. The normalized spacial score (nSPS) is 12.6. The smallest absolute Gasteiger partial charge is 0.321 e. The summed E-state index contributed by atoms with van der Waals surface area (Å²) >= 11 is 0. The Morgan fingerprint density at radius 3 is 2.09 bits per heavy atom. The molecule has 1 aromatic rings. The fraction of sp³-hybridized carbons (Fsp3) is 0.435. The summed E-state index contributed by atoms with van der Waals surface area (Å²) in [4.78, 5) is 51.7. The molecule has 2 unspecified atom stereocenters. The van der Waals surface area contributed by atoms with Crippen molar-refractivity contribution >= 4 is 23.5 Å². The fourth-order valence-electron chi connectivity index (χ4n) is 3.34. The van der Waals surface area contributed by atoms with Gasteiger partial charge in [0.15, 0.2) is 5.41 Å². The summed E-state index contributed by atoms with van der Waals surface area (Å²) in [5.41, 5.74) is -1.81. The maximum absolute atomic E-state index is 13.2. The van der Waals surface area contributed by atoms with E-state index in [0.717, 1.165) is 13.8 Å². The van der Waals surface area contributed by atoms with Gasteiger partial charge in [-0.25, -0.2) is 0 Å². The largest absolute Gasteiger partial charge is 0.496 e. The SMILES string of the molecule is COc1cc(C#N)ccc1CC(C(C)=O)(C(=O)OCCC#N)C(C(C)=O)C(=O)OCCC#N. The van der Waals surface area contributed by atoms with Gasteiger partial charge >= 0.3 is 11.9 Å². The lowest BCUT2D eigenvalue weighted by Crippen LogP contribution is -2.53. The first-order valence-electron chi connectivity index (χ1n) is 9.85. The first-order valence-corrected chi connectivity index (χ1v) is 9.85. The van der Waals surface area contributed by atoms with Crippen molar-refractivity contribution in [1.29, 1.82) is 15.8 Å². The molecular formula is C23H23N3O7. The van der Waals surface area contributed by atoms with E-state index in [9.17, 15) is 19.2 Å². The molecule has 1 rings (SSSR count). The molecule has 0 radical (unpaired) electrons. The van der Waals surface area contributed by atoms with Crippen molar-refractivity contribution in [3.63, 3.8) is 0 Å². The molecule has 33 heavy (non-hydrogen) atoms.